The van der Waals surface area contributed by atoms with Gasteiger partial charge in [-0.05, 0) is 41.5 Å². The van der Waals surface area contributed by atoms with Crippen LogP contribution in [-0.2, 0) is 0 Å². The van der Waals surface area contributed by atoms with Gasteiger partial charge in [-0.3, -0.25) is 0 Å². The molecule has 19 heavy (non-hydrogen) atoms. The zero-order valence-corrected chi connectivity index (χ0v) is 12.4. The van der Waals surface area contributed by atoms with E-state index < -0.39 is 0 Å². The van der Waals surface area contributed by atoms with E-state index in [0.717, 1.165) is 11.1 Å². The minimum absolute atomic E-state index is 0.348. The molecule has 0 amide bonds. The molecule has 0 fully saturated rings. The monoisotopic (exact) mass is 315 g/mol. The molecule has 0 saturated carbocycles. The summed E-state index contributed by atoms with van der Waals surface area (Å²) in [5.74, 6) is 0.613. The average molecular weight is 317 g/mol. The summed E-state index contributed by atoms with van der Waals surface area (Å²) in [6.45, 7) is 0. The maximum absolute atomic E-state index is 6.20. The minimum atomic E-state index is -0.348. The largest absolute Gasteiger partial charge is 0.495 e. The molecule has 5 heteroatoms. The molecule has 0 heterocycles. The van der Waals surface area contributed by atoms with Crippen molar-refractivity contribution in [3.8, 4) is 5.75 Å². The van der Waals surface area contributed by atoms with Gasteiger partial charge in [-0.2, -0.15) is 0 Å². The first-order valence-electron chi connectivity index (χ1n) is 5.56. The molecule has 2 nitrogen and oxygen atoms in total. The van der Waals surface area contributed by atoms with Gasteiger partial charge in [0.1, 0.15) is 5.75 Å². The molecule has 0 aliphatic carbocycles. The van der Waals surface area contributed by atoms with Crippen molar-refractivity contribution in [1.29, 1.82) is 0 Å². The van der Waals surface area contributed by atoms with E-state index in [0.29, 0.717) is 20.8 Å². The number of nitrogens with two attached hydrogens (primary N) is 1. The molecule has 0 bridgehead atoms. The summed E-state index contributed by atoms with van der Waals surface area (Å²) in [6, 6.07) is 10.3. The van der Waals surface area contributed by atoms with Gasteiger partial charge in [0, 0.05) is 10.0 Å². The van der Waals surface area contributed by atoms with Crippen LogP contribution in [0.3, 0.4) is 0 Å². The minimum Gasteiger partial charge on any atom is -0.495 e. The van der Waals surface area contributed by atoms with E-state index in [9.17, 15) is 0 Å². The smallest absolute Gasteiger partial charge is 0.137 e. The van der Waals surface area contributed by atoms with E-state index in [1.165, 1.54) is 0 Å². The second-order valence-electron chi connectivity index (χ2n) is 4.07. The summed E-state index contributed by atoms with van der Waals surface area (Å²) in [4.78, 5) is 0. The molecule has 2 aromatic carbocycles. The third-order valence-corrected chi connectivity index (χ3v) is 3.51. The Morgan fingerprint density at radius 3 is 2.11 bits per heavy atom. The van der Waals surface area contributed by atoms with E-state index in [-0.39, 0.29) is 6.04 Å². The SMILES string of the molecule is COc1ccc(C(N)c2cc(Cl)cc(Cl)c2)cc1Cl. The van der Waals surface area contributed by atoms with Crippen molar-refractivity contribution in [2.24, 2.45) is 5.73 Å². The number of hydrogen-bond acceptors (Lipinski definition) is 2. The molecule has 0 aromatic heterocycles. The van der Waals surface area contributed by atoms with Crippen molar-refractivity contribution in [3.63, 3.8) is 0 Å². The highest BCUT2D eigenvalue weighted by Crippen LogP contribution is 2.31. The summed E-state index contributed by atoms with van der Waals surface area (Å²) >= 11 is 18.0. The Bertz CT molecular complexity index is 581. The fraction of sp³-hybridized carbons (Fsp3) is 0.143. The van der Waals surface area contributed by atoms with Gasteiger partial charge in [0.15, 0.2) is 0 Å². The number of hydrogen-bond donors (Lipinski definition) is 1. The van der Waals surface area contributed by atoms with Gasteiger partial charge in [-0.1, -0.05) is 40.9 Å². The predicted molar refractivity (Wildman–Crippen MR) is 80.5 cm³/mol. The Morgan fingerprint density at radius 1 is 0.947 bits per heavy atom. The highest BCUT2D eigenvalue weighted by atomic mass is 35.5. The van der Waals surface area contributed by atoms with Crippen LogP contribution in [0.5, 0.6) is 5.75 Å². The second kappa shape index (κ2) is 6.02. The number of methoxy groups -OCH3 is 1. The molecule has 0 radical (unpaired) electrons. The highest BCUT2D eigenvalue weighted by Gasteiger charge is 2.12. The lowest BCUT2D eigenvalue weighted by atomic mass is 9.99. The maximum atomic E-state index is 6.20. The quantitative estimate of drug-likeness (QED) is 0.890. The van der Waals surface area contributed by atoms with Crippen LogP contribution in [0.2, 0.25) is 15.1 Å². The predicted octanol–water partition coefficient (Wildman–Crippen LogP) is 4.70. The summed E-state index contributed by atoms with van der Waals surface area (Å²) in [5, 5.41) is 1.62. The van der Waals surface area contributed by atoms with Crippen molar-refractivity contribution in [2.75, 3.05) is 7.11 Å². The summed E-state index contributed by atoms with van der Waals surface area (Å²) in [7, 11) is 1.57. The molecule has 100 valence electrons. The van der Waals surface area contributed by atoms with Crippen LogP contribution < -0.4 is 10.5 Å². The van der Waals surface area contributed by atoms with Gasteiger partial charge >= 0.3 is 0 Å². The molecule has 0 aliphatic rings. The maximum Gasteiger partial charge on any atom is 0.137 e. The molecule has 1 atom stereocenters. The van der Waals surface area contributed by atoms with Crippen molar-refractivity contribution >= 4 is 34.8 Å². The van der Waals surface area contributed by atoms with Crippen LogP contribution in [0, 0.1) is 0 Å². The third kappa shape index (κ3) is 3.34. The van der Waals surface area contributed by atoms with Crippen LogP contribution in [0.1, 0.15) is 17.2 Å². The lowest BCUT2D eigenvalue weighted by molar-refractivity contribution is 0.415. The summed E-state index contributed by atoms with van der Waals surface area (Å²) in [6.07, 6.45) is 0. The van der Waals surface area contributed by atoms with E-state index in [1.54, 1.807) is 37.4 Å². The van der Waals surface area contributed by atoms with Crippen LogP contribution in [0.4, 0.5) is 0 Å². The Morgan fingerprint density at radius 2 is 1.58 bits per heavy atom. The van der Waals surface area contributed by atoms with E-state index in [4.69, 9.17) is 45.3 Å². The Balaban J connectivity index is 2.38. The first-order chi connectivity index (χ1) is 9.01. The summed E-state index contributed by atoms with van der Waals surface area (Å²) < 4.78 is 5.11. The van der Waals surface area contributed by atoms with Gasteiger partial charge in [0.05, 0.1) is 18.2 Å². The fourth-order valence-corrected chi connectivity index (χ4v) is 2.63. The van der Waals surface area contributed by atoms with Gasteiger partial charge in [-0.15, -0.1) is 0 Å². The zero-order valence-electron chi connectivity index (χ0n) is 10.2. The van der Waals surface area contributed by atoms with Crippen LogP contribution in [0.25, 0.3) is 0 Å². The molecule has 0 aliphatic heterocycles. The molecule has 2 N–H and O–H groups in total. The standard InChI is InChI=1S/C14H12Cl3NO/c1-19-13-3-2-8(6-12(13)17)14(18)9-4-10(15)7-11(16)5-9/h2-7,14H,18H2,1H3. The molecule has 1 unspecified atom stereocenters. The van der Waals surface area contributed by atoms with Gasteiger partial charge in [0.25, 0.3) is 0 Å². The van der Waals surface area contributed by atoms with Crippen LogP contribution in [0.15, 0.2) is 36.4 Å². The second-order valence-corrected chi connectivity index (χ2v) is 5.35. The van der Waals surface area contributed by atoms with Crippen molar-refractivity contribution < 1.29 is 4.74 Å². The van der Waals surface area contributed by atoms with Crippen molar-refractivity contribution in [1.82, 2.24) is 0 Å². The molecule has 0 saturated heterocycles. The first kappa shape index (κ1) is 14.5. The van der Waals surface area contributed by atoms with Gasteiger partial charge in [0.2, 0.25) is 0 Å². The number of ether oxygens (including phenoxy) is 1. The van der Waals surface area contributed by atoms with E-state index in [1.807, 2.05) is 6.07 Å². The van der Waals surface area contributed by atoms with Crippen molar-refractivity contribution in [3.05, 3.63) is 62.6 Å². The van der Waals surface area contributed by atoms with Crippen LogP contribution in [-0.4, -0.2) is 7.11 Å². The zero-order chi connectivity index (χ0) is 14.0. The molecule has 2 aromatic rings. The lowest BCUT2D eigenvalue weighted by Crippen LogP contribution is -2.11. The van der Waals surface area contributed by atoms with Gasteiger partial charge in [-0.25, -0.2) is 0 Å². The first-order valence-corrected chi connectivity index (χ1v) is 6.69. The Hall–Kier alpha value is -0.930. The fourth-order valence-electron chi connectivity index (χ4n) is 1.82. The third-order valence-electron chi connectivity index (χ3n) is 2.78. The van der Waals surface area contributed by atoms with Crippen molar-refractivity contribution in [2.45, 2.75) is 6.04 Å². The van der Waals surface area contributed by atoms with E-state index in [2.05, 4.69) is 0 Å². The molecule has 0 spiro atoms. The van der Waals surface area contributed by atoms with Crippen LogP contribution >= 0.6 is 34.8 Å². The molecule has 2 rings (SSSR count). The highest BCUT2D eigenvalue weighted by molar-refractivity contribution is 6.34. The number of benzene rings is 2. The van der Waals surface area contributed by atoms with Gasteiger partial charge < -0.3 is 10.5 Å². The Labute approximate surface area is 127 Å². The molecular weight excluding hydrogens is 305 g/mol. The topological polar surface area (TPSA) is 35.2 Å². The lowest BCUT2D eigenvalue weighted by Gasteiger charge is -2.15. The number of halogens is 3. The number of rotatable bonds is 3. The van der Waals surface area contributed by atoms with E-state index >= 15 is 0 Å². The average Bonchev–Trinajstić information content (AvgIpc) is 2.36. The Kier molecular flexibility index (Phi) is 4.58. The summed E-state index contributed by atoms with van der Waals surface area (Å²) in [5.41, 5.74) is 7.89. The normalized spacial score (nSPS) is 12.3. The molecular formula is C14H12Cl3NO.